The van der Waals surface area contributed by atoms with E-state index in [1.54, 1.807) is 0 Å². The average Bonchev–Trinajstić information content (AvgIpc) is 1.53. The zero-order valence-corrected chi connectivity index (χ0v) is 80.5. The lowest BCUT2D eigenvalue weighted by molar-refractivity contribution is 0.661. The van der Waals surface area contributed by atoms with Crippen molar-refractivity contribution in [1.82, 2.24) is 0 Å². The molecule has 0 bridgehead atoms. The fourth-order valence-electron chi connectivity index (χ4n) is 23.2. The third-order valence-electron chi connectivity index (χ3n) is 29.3. The van der Waals surface area contributed by atoms with E-state index in [0.717, 1.165) is 5.69 Å². The zero-order valence-electron chi connectivity index (χ0n) is 77.8. The van der Waals surface area contributed by atoms with Crippen molar-refractivity contribution in [3.63, 3.8) is 0 Å². The SMILES string of the molecule is CC1(C)c2cc(-c3ccccc3)ccc2-c2c1cc(-c1ccccc1)c1c2P(c2ccccc2)c2ccccc2N1c1ccccc1.CC1(C)c2ccccc2-c2c1cc(-c1ccccc1)c1c2P(c2ccccc2)c2ccccc2N1c1ccccc1.c1ccc(-c2cc3c(c4c2N(c2ccccc2)c2ccccc2P4c2ccccc2)-c2ccccc2C3(c2ccccc2)c2ccccc2)cc1. The molecule has 660 valence electrons. The number of benzene rings is 21. The van der Waals surface area contributed by atoms with E-state index in [9.17, 15) is 0 Å². The van der Waals surface area contributed by atoms with Crippen molar-refractivity contribution >= 4 is 123 Å². The maximum atomic E-state index is 2.55. The third-order valence-corrected chi connectivity index (χ3v) is 37.0. The van der Waals surface area contributed by atoms with Gasteiger partial charge in [0.25, 0.3) is 0 Å². The molecule has 3 heterocycles. The molecular formula is C133H98N3P3. The van der Waals surface area contributed by atoms with E-state index in [0.29, 0.717) is 0 Å². The Labute approximate surface area is 819 Å². The molecule has 3 atom stereocenters. The summed E-state index contributed by atoms with van der Waals surface area (Å²) in [6.45, 7) is 9.64. The van der Waals surface area contributed by atoms with Gasteiger partial charge in [0.05, 0.1) is 39.5 Å². The maximum Gasteiger partial charge on any atom is 0.0714 e. The molecule has 3 aliphatic carbocycles. The van der Waals surface area contributed by atoms with Crippen molar-refractivity contribution in [3.8, 4) is 77.9 Å². The van der Waals surface area contributed by atoms with Crippen molar-refractivity contribution in [1.29, 1.82) is 0 Å². The average molecular weight is 1830 g/mol. The van der Waals surface area contributed by atoms with Crippen molar-refractivity contribution in [3.05, 3.63) is 566 Å². The first-order valence-electron chi connectivity index (χ1n) is 48.3. The standard InChI is InChI=1S/C49H34NP.C45H34NP.C39H30NP/c1-6-20-35(21-7-1)41-34-43-46(40-30-16-17-31-42(40)49(43,36-22-8-2-9-23-36)37-24-10-3-11-25-37)48-47(41)50(38-26-12-4-13-27-38)44-32-18-19-33-45(44)51(48)39-28-14-5-15-29-39;1-45(2)38-29-33(31-17-7-3-8-18-31)27-28-36(38)42-39(45)30-37(32-19-9-4-10-20-32)43-44(42)47(35-23-13-6-14-24-35)41-26-16-15-25-40(41)46(43)34-21-11-5-12-22-34;1-39(2)32-23-13-12-22-30(32)36-33(39)26-31(27-16-6-3-7-17-27)37-38(36)41(29-20-10-5-11-21-29)35-25-15-14-24-34(35)40(37)28-18-8-4-9-19-28/h1-34H;3-30H,1-2H3;3-26H,1-2H3. The molecule has 0 saturated carbocycles. The Balaban J connectivity index is 0.000000111. The molecule has 3 nitrogen and oxygen atoms in total. The predicted molar refractivity (Wildman–Crippen MR) is 594 cm³/mol. The van der Waals surface area contributed by atoms with Crippen molar-refractivity contribution in [2.24, 2.45) is 0 Å². The van der Waals surface area contributed by atoms with Gasteiger partial charge in [-0.15, -0.1) is 0 Å². The van der Waals surface area contributed by atoms with Gasteiger partial charge in [0.2, 0.25) is 0 Å². The second-order valence-corrected chi connectivity index (χ2v) is 44.0. The van der Waals surface area contributed by atoms with E-state index in [-0.39, 0.29) is 10.8 Å². The Morgan fingerprint density at radius 1 is 0.180 bits per heavy atom. The van der Waals surface area contributed by atoms with Gasteiger partial charge in [0, 0.05) is 76.4 Å². The number of rotatable bonds is 12. The highest BCUT2D eigenvalue weighted by atomic mass is 31.1. The molecule has 0 N–H and O–H groups in total. The van der Waals surface area contributed by atoms with Gasteiger partial charge in [-0.1, -0.05) is 471 Å². The molecule has 21 aromatic carbocycles. The monoisotopic (exact) mass is 1830 g/mol. The summed E-state index contributed by atoms with van der Waals surface area (Å²) in [6.07, 6.45) is 0. The molecule has 6 aliphatic rings. The van der Waals surface area contributed by atoms with E-state index in [4.69, 9.17) is 0 Å². The van der Waals surface area contributed by atoms with Crippen LogP contribution in [0.15, 0.2) is 522 Å². The van der Waals surface area contributed by atoms with Crippen LogP contribution < -0.4 is 62.4 Å². The summed E-state index contributed by atoms with van der Waals surface area (Å²) in [5.41, 5.74) is 39.5. The number of para-hydroxylation sites is 6. The van der Waals surface area contributed by atoms with Crippen LogP contribution >= 0.6 is 23.8 Å². The first-order chi connectivity index (χ1) is 68.6. The molecule has 3 unspecified atom stereocenters. The lowest BCUT2D eigenvalue weighted by Crippen LogP contribution is -2.36. The largest absolute Gasteiger partial charge is 0.309 e. The Hall–Kier alpha value is -15.7. The Morgan fingerprint density at radius 2 is 0.439 bits per heavy atom. The van der Waals surface area contributed by atoms with Gasteiger partial charge < -0.3 is 14.7 Å². The molecule has 27 rings (SSSR count). The lowest BCUT2D eigenvalue weighted by Gasteiger charge is -2.41. The number of fused-ring (bicyclic) bond motifs is 18. The minimum Gasteiger partial charge on any atom is -0.309 e. The number of anilines is 9. The molecule has 3 aliphatic heterocycles. The minimum absolute atomic E-state index is 0.100. The van der Waals surface area contributed by atoms with E-state index >= 15 is 0 Å². The van der Waals surface area contributed by atoms with E-state index in [1.165, 1.54) is 216 Å². The van der Waals surface area contributed by atoms with Crippen LogP contribution in [0.2, 0.25) is 0 Å². The molecule has 21 aromatic rings. The molecule has 0 saturated heterocycles. The molecular weight excluding hydrogens is 1730 g/mol. The first-order valence-corrected chi connectivity index (χ1v) is 52.3. The normalized spacial score (nSPS) is 15.4. The molecule has 0 aromatic heterocycles. The summed E-state index contributed by atoms with van der Waals surface area (Å²) < 4.78 is 0. The van der Waals surface area contributed by atoms with Gasteiger partial charge in [-0.25, -0.2) is 0 Å². The van der Waals surface area contributed by atoms with E-state index < -0.39 is 29.2 Å². The molecule has 0 spiro atoms. The summed E-state index contributed by atoms with van der Waals surface area (Å²) in [5, 5.41) is 12.6. The third kappa shape index (κ3) is 13.9. The highest BCUT2D eigenvalue weighted by molar-refractivity contribution is 7.81. The summed E-state index contributed by atoms with van der Waals surface area (Å²) in [7, 11) is -2.69. The molecule has 139 heavy (non-hydrogen) atoms. The minimum atomic E-state index is -0.970. The quantitative estimate of drug-likeness (QED) is 0.113. The molecule has 6 heteroatoms. The van der Waals surface area contributed by atoms with Crippen LogP contribution in [-0.4, -0.2) is 0 Å². The predicted octanol–water partition coefficient (Wildman–Crippen LogP) is 31.3. The van der Waals surface area contributed by atoms with Gasteiger partial charge in [-0.2, -0.15) is 0 Å². The van der Waals surface area contributed by atoms with Gasteiger partial charge in [0.15, 0.2) is 0 Å². The van der Waals surface area contributed by atoms with Crippen molar-refractivity contribution in [2.45, 2.75) is 43.9 Å². The highest BCUT2D eigenvalue weighted by Gasteiger charge is 2.52. The summed E-state index contributed by atoms with van der Waals surface area (Å²) in [5.74, 6) is 0. The van der Waals surface area contributed by atoms with Gasteiger partial charge in [-0.3, -0.25) is 0 Å². The van der Waals surface area contributed by atoms with Crippen LogP contribution in [0.4, 0.5) is 51.2 Å². The highest BCUT2D eigenvalue weighted by Crippen LogP contribution is 2.66. The second kappa shape index (κ2) is 35.1. The van der Waals surface area contributed by atoms with Crippen molar-refractivity contribution in [2.75, 3.05) is 14.7 Å². The van der Waals surface area contributed by atoms with E-state index in [1.807, 2.05) is 0 Å². The zero-order chi connectivity index (χ0) is 92.9. The van der Waals surface area contributed by atoms with Gasteiger partial charge >= 0.3 is 0 Å². The Kier molecular flexibility index (Phi) is 21.5. The van der Waals surface area contributed by atoms with Crippen molar-refractivity contribution < 1.29 is 0 Å². The summed E-state index contributed by atoms with van der Waals surface area (Å²) in [4.78, 5) is 7.62. The van der Waals surface area contributed by atoms with Crippen LogP contribution in [0.3, 0.4) is 0 Å². The van der Waals surface area contributed by atoms with Crippen LogP contribution in [0.25, 0.3) is 77.9 Å². The molecule has 0 radical (unpaired) electrons. The van der Waals surface area contributed by atoms with Crippen LogP contribution in [0, 0.1) is 0 Å². The number of hydrogen-bond acceptors (Lipinski definition) is 3. The molecule has 0 fully saturated rings. The summed E-state index contributed by atoms with van der Waals surface area (Å²) in [6, 6.07) is 193. The number of nitrogens with zero attached hydrogens (tertiary/aromatic N) is 3. The second-order valence-electron chi connectivity index (χ2n) is 37.7. The van der Waals surface area contributed by atoms with Crippen LogP contribution in [0.1, 0.15) is 72.2 Å². The Morgan fingerprint density at radius 3 is 0.799 bits per heavy atom. The fraction of sp³-hybridized carbons (Fsp3) is 0.0526. The Bertz CT molecular complexity index is 8180. The fourth-order valence-corrected chi connectivity index (χ4v) is 31.6. The van der Waals surface area contributed by atoms with Crippen LogP contribution in [0.5, 0.6) is 0 Å². The van der Waals surface area contributed by atoms with E-state index in [2.05, 4.69) is 564 Å². The summed E-state index contributed by atoms with van der Waals surface area (Å²) >= 11 is 0. The maximum absolute atomic E-state index is 2.55. The lowest BCUT2D eigenvalue weighted by atomic mass is 9.67. The smallest absolute Gasteiger partial charge is 0.0714 e. The van der Waals surface area contributed by atoms with Gasteiger partial charge in [-0.05, 0) is 224 Å². The van der Waals surface area contributed by atoms with Crippen LogP contribution in [-0.2, 0) is 16.2 Å². The first kappa shape index (κ1) is 85.0. The number of hydrogen-bond donors (Lipinski definition) is 0. The molecule has 0 amide bonds. The van der Waals surface area contributed by atoms with Gasteiger partial charge in [0.1, 0.15) is 0 Å². The topological polar surface area (TPSA) is 9.72 Å².